The lowest BCUT2D eigenvalue weighted by molar-refractivity contribution is -0.274. The zero-order chi connectivity index (χ0) is 20.4. The van der Waals surface area contributed by atoms with Crippen LogP contribution in [0.1, 0.15) is 23.9 Å². The van der Waals surface area contributed by atoms with Gasteiger partial charge in [-0.2, -0.15) is 4.98 Å². The van der Waals surface area contributed by atoms with Crippen molar-refractivity contribution < 1.29 is 27.5 Å². The lowest BCUT2D eigenvalue weighted by Crippen LogP contribution is -2.24. The van der Waals surface area contributed by atoms with Gasteiger partial charge in [-0.05, 0) is 42.3 Å². The minimum atomic E-state index is -4.75. The molecule has 0 aliphatic carbocycles. The molecule has 0 saturated carbocycles. The number of likely N-dealkylation sites (tertiary alicyclic amines) is 1. The summed E-state index contributed by atoms with van der Waals surface area (Å²) in [4.78, 5) is 10.5. The molecule has 1 fully saturated rings. The Morgan fingerprint density at radius 1 is 1.21 bits per heavy atom. The van der Waals surface area contributed by atoms with Crippen molar-refractivity contribution >= 4 is 0 Å². The molecule has 1 aromatic carbocycles. The highest BCUT2D eigenvalue weighted by molar-refractivity contribution is 5.55. The maximum absolute atomic E-state index is 12.3. The number of β-amino-alcohol motifs (C(OH)–C–C–N with tert-alkyl or cyclic N) is 1. The van der Waals surface area contributed by atoms with E-state index >= 15 is 0 Å². The molecule has 1 N–H and O–H groups in total. The Morgan fingerprint density at radius 3 is 2.69 bits per heavy atom. The van der Waals surface area contributed by atoms with Crippen molar-refractivity contribution in [2.24, 2.45) is 0 Å². The largest absolute Gasteiger partial charge is 0.573 e. The minimum absolute atomic E-state index is 0.251. The smallest absolute Gasteiger partial charge is 0.406 e. The second-order valence-electron chi connectivity index (χ2n) is 6.72. The van der Waals surface area contributed by atoms with Crippen LogP contribution in [-0.4, -0.2) is 44.1 Å². The molecule has 2 unspecified atom stereocenters. The van der Waals surface area contributed by atoms with E-state index in [2.05, 4.69) is 19.9 Å². The van der Waals surface area contributed by atoms with Gasteiger partial charge in [-0.15, -0.1) is 13.2 Å². The number of nitrogens with zero attached hydrogens (tertiary/aromatic N) is 4. The highest BCUT2D eigenvalue weighted by atomic mass is 19.4. The normalized spacial score (nSPS) is 20.1. The lowest BCUT2D eigenvalue weighted by Gasteiger charge is -2.20. The summed E-state index contributed by atoms with van der Waals surface area (Å²) in [5, 5.41) is 14.0. The average molecular weight is 406 g/mol. The van der Waals surface area contributed by atoms with Crippen LogP contribution in [0.25, 0.3) is 11.4 Å². The van der Waals surface area contributed by atoms with Crippen molar-refractivity contribution in [3.05, 3.63) is 60.2 Å². The molecule has 4 rings (SSSR count). The topological polar surface area (TPSA) is 84.5 Å². The number of rotatable bonds is 5. The van der Waals surface area contributed by atoms with Gasteiger partial charge in [0.15, 0.2) is 0 Å². The van der Waals surface area contributed by atoms with Gasteiger partial charge in [-0.1, -0.05) is 11.2 Å². The first-order valence-electron chi connectivity index (χ1n) is 8.88. The number of aromatic nitrogens is 3. The zero-order valence-electron chi connectivity index (χ0n) is 15.1. The quantitative estimate of drug-likeness (QED) is 0.696. The predicted octanol–water partition coefficient (Wildman–Crippen LogP) is 3.34. The Balaban J connectivity index is 1.50. The molecule has 1 saturated heterocycles. The Kier molecular flexibility index (Phi) is 5.20. The second kappa shape index (κ2) is 7.80. The van der Waals surface area contributed by atoms with Crippen LogP contribution in [0, 0.1) is 0 Å². The van der Waals surface area contributed by atoms with E-state index in [1.54, 1.807) is 12.4 Å². The molecular weight excluding hydrogens is 389 g/mol. The lowest BCUT2D eigenvalue weighted by atomic mass is 10.2. The van der Waals surface area contributed by atoms with Crippen LogP contribution in [-0.2, 0) is 6.54 Å². The average Bonchev–Trinajstić information content (AvgIpc) is 3.29. The van der Waals surface area contributed by atoms with Crippen LogP contribution >= 0.6 is 0 Å². The van der Waals surface area contributed by atoms with Crippen LogP contribution in [0.5, 0.6) is 5.75 Å². The molecule has 7 nitrogen and oxygen atoms in total. The molecule has 0 bridgehead atoms. The SMILES string of the molecule is OC1CC(c2nc(-c3ccc(OC(F)(F)F)cc3)no2)N(Cc2cccnc2)C1. The second-order valence-corrected chi connectivity index (χ2v) is 6.72. The fourth-order valence-corrected chi connectivity index (χ4v) is 3.33. The molecule has 3 aromatic rings. The number of hydrogen-bond acceptors (Lipinski definition) is 7. The van der Waals surface area contributed by atoms with Crippen molar-refractivity contribution in [1.82, 2.24) is 20.0 Å². The van der Waals surface area contributed by atoms with Gasteiger partial charge in [0.05, 0.1) is 12.1 Å². The summed E-state index contributed by atoms with van der Waals surface area (Å²) in [6.45, 7) is 1.03. The maximum atomic E-state index is 12.3. The van der Waals surface area contributed by atoms with Gasteiger partial charge in [0.2, 0.25) is 11.7 Å². The summed E-state index contributed by atoms with van der Waals surface area (Å²) in [6, 6.07) is 8.74. The van der Waals surface area contributed by atoms with Gasteiger partial charge >= 0.3 is 6.36 Å². The molecule has 3 heterocycles. The number of aliphatic hydroxyl groups excluding tert-OH is 1. The van der Waals surface area contributed by atoms with E-state index in [1.165, 1.54) is 24.3 Å². The van der Waals surface area contributed by atoms with E-state index in [-0.39, 0.29) is 17.6 Å². The summed E-state index contributed by atoms with van der Waals surface area (Å²) < 4.78 is 46.1. The zero-order valence-corrected chi connectivity index (χ0v) is 15.1. The van der Waals surface area contributed by atoms with Crippen molar-refractivity contribution in [1.29, 1.82) is 0 Å². The molecule has 152 valence electrons. The molecule has 1 aliphatic heterocycles. The highest BCUT2D eigenvalue weighted by Gasteiger charge is 2.36. The molecule has 10 heteroatoms. The van der Waals surface area contributed by atoms with E-state index in [0.29, 0.717) is 31.0 Å². The first kappa shape index (κ1) is 19.3. The molecule has 0 spiro atoms. The number of hydrogen-bond donors (Lipinski definition) is 1. The minimum Gasteiger partial charge on any atom is -0.406 e. The molecule has 1 aliphatic rings. The van der Waals surface area contributed by atoms with Crippen LogP contribution < -0.4 is 4.74 Å². The van der Waals surface area contributed by atoms with Gasteiger partial charge < -0.3 is 14.4 Å². The van der Waals surface area contributed by atoms with Crippen molar-refractivity contribution in [3.8, 4) is 17.1 Å². The number of pyridine rings is 1. The van der Waals surface area contributed by atoms with Crippen LogP contribution in [0.3, 0.4) is 0 Å². The molecule has 2 aromatic heterocycles. The third-order valence-corrected chi connectivity index (χ3v) is 4.56. The van der Waals surface area contributed by atoms with E-state index in [4.69, 9.17) is 4.52 Å². The number of alkyl halides is 3. The standard InChI is InChI=1S/C19H17F3N4O3/c20-19(21,22)28-15-5-3-13(4-6-15)17-24-18(29-25-17)16-8-14(27)11-26(16)10-12-2-1-7-23-9-12/h1-7,9,14,16,27H,8,10-11H2. The fourth-order valence-electron chi connectivity index (χ4n) is 3.33. The monoisotopic (exact) mass is 406 g/mol. The van der Waals surface area contributed by atoms with Crippen molar-refractivity contribution in [2.45, 2.75) is 31.5 Å². The summed E-state index contributed by atoms with van der Waals surface area (Å²) in [6.07, 6.45) is -1.38. The van der Waals surface area contributed by atoms with Crippen molar-refractivity contribution in [3.63, 3.8) is 0 Å². The summed E-state index contributed by atoms with van der Waals surface area (Å²) in [5.74, 6) is 0.267. The number of ether oxygens (including phenoxy) is 1. The van der Waals surface area contributed by atoms with Gasteiger partial charge in [-0.25, -0.2) is 0 Å². The van der Waals surface area contributed by atoms with E-state index in [9.17, 15) is 18.3 Å². The molecule has 0 radical (unpaired) electrons. The maximum Gasteiger partial charge on any atom is 0.573 e. The van der Waals surface area contributed by atoms with E-state index in [0.717, 1.165) is 5.56 Å². The van der Waals surface area contributed by atoms with Gasteiger partial charge in [0, 0.05) is 31.0 Å². The molecular formula is C19H17F3N4O3. The predicted molar refractivity (Wildman–Crippen MR) is 94.4 cm³/mol. The van der Waals surface area contributed by atoms with Gasteiger partial charge in [0.1, 0.15) is 5.75 Å². The number of halogens is 3. The van der Waals surface area contributed by atoms with Gasteiger partial charge in [0.25, 0.3) is 0 Å². The highest BCUT2D eigenvalue weighted by Crippen LogP contribution is 2.33. The first-order chi connectivity index (χ1) is 13.9. The Hall–Kier alpha value is -2.98. The van der Waals surface area contributed by atoms with E-state index < -0.39 is 12.5 Å². The van der Waals surface area contributed by atoms with Crippen LogP contribution in [0.2, 0.25) is 0 Å². The Morgan fingerprint density at radius 2 is 2.00 bits per heavy atom. The Bertz CT molecular complexity index is 947. The van der Waals surface area contributed by atoms with E-state index in [1.807, 2.05) is 17.0 Å². The number of aliphatic hydroxyl groups is 1. The first-order valence-corrected chi connectivity index (χ1v) is 8.88. The third-order valence-electron chi connectivity index (χ3n) is 4.56. The van der Waals surface area contributed by atoms with Gasteiger partial charge in [-0.3, -0.25) is 9.88 Å². The number of benzene rings is 1. The third kappa shape index (κ3) is 4.72. The molecule has 2 atom stereocenters. The van der Waals surface area contributed by atoms with Crippen LogP contribution in [0.4, 0.5) is 13.2 Å². The molecule has 0 amide bonds. The fraction of sp³-hybridized carbons (Fsp3) is 0.316. The summed E-state index contributed by atoms with van der Waals surface area (Å²) in [5.41, 5.74) is 1.48. The molecule has 29 heavy (non-hydrogen) atoms. The van der Waals surface area contributed by atoms with Crippen LogP contribution in [0.15, 0.2) is 53.3 Å². The Labute approximate surface area is 163 Å². The van der Waals surface area contributed by atoms with Crippen molar-refractivity contribution in [2.75, 3.05) is 6.54 Å². The summed E-state index contributed by atoms with van der Waals surface area (Å²) in [7, 11) is 0. The summed E-state index contributed by atoms with van der Waals surface area (Å²) >= 11 is 0.